The molecule has 0 aromatic heterocycles. The van der Waals surface area contributed by atoms with E-state index >= 15 is 0 Å². The van der Waals surface area contributed by atoms with Crippen LogP contribution in [0.15, 0.2) is 0 Å². The molecule has 0 aliphatic carbocycles. The van der Waals surface area contributed by atoms with Crippen molar-refractivity contribution < 1.29 is 0 Å². The van der Waals surface area contributed by atoms with E-state index in [1.807, 2.05) is 0 Å². The van der Waals surface area contributed by atoms with Gasteiger partial charge in [0.1, 0.15) is 0 Å². The number of hydrogen-bond acceptors (Lipinski definition) is 3. The lowest BCUT2D eigenvalue weighted by atomic mass is 10.1. The van der Waals surface area contributed by atoms with Gasteiger partial charge < -0.3 is 17.2 Å². The summed E-state index contributed by atoms with van der Waals surface area (Å²) >= 11 is 0. The van der Waals surface area contributed by atoms with E-state index in [-0.39, 0.29) is 0 Å². The molecule has 0 bridgehead atoms. The van der Waals surface area contributed by atoms with E-state index < -0.39 is 0 Å². The molecule has 6 N–H and O–H groups in total. The van der Waals surface area contributed by atoms with Crippen LogP contribution >= 0.6 is 0 Å². The third-order valence-corrected chi connectivity index (χ3v) is 1.35. The zero-order chi connectivity index (χ0) is 12.2. The summed E-state index contributed by atoms with van der Waals surface area (Å²) in [5.41, 5.74) is 13.5. The summed E-state index contributed by atoms with van der Waals surface area (Å²) in [6.45, 7) is 4.38. The molecule has 0 rings (SSSR count). The molecular formula is C11H32N3. The highest BCUT2D eigenvalue weighted by Crippen LogP contribution is 2.02. The minimum Gasteiger partial charge on any atom is -0.333 e. The van der Waals surface area contributed by atoms with Crippen LogP contribution in [0, 0.1) is 6.42 Å². The SMILES string of the molecule is CN.CN.CN.C[CH]CCCCCC. The second-order valence-corrected chi connectivity index (χ2v) is 2.26. The fourth-order valence-corrected chi connectivity index (χ4v) is 0.775. The van der Waals surface area contributed by atoms with Gasteiger partial charge >= 0.3 is 0 Å². The van der Waals surface area contributed by atoms with Crippen LogP contribution < -0.4 is 17.2 Å². The smallest absolute Gasteiger partial charge is 0.0195 e. The molecule has 1 radical (unpaired) electrons. The van der Waals surface area contributed by atoms with Crippen molar-refractivity contribution in [1.29, 1.82) is 0 Å². The van der Waals surface area contributed by atoms with Crippen molar-refractivity contribution in [3.05, 3.63) is 6.42 Å². The first kappa shape index (κ1) is 23.6. The Labute approximate surface area is 91.4 Å². The molecule has 0 aromatic carbocycles. The third-order valence-electron chi connectivity index (χ3n) is 1.35. The van der Waals surface area contributed by atoms with Crippen molar-refractivity contribution in [2.45, 2.75) is 46.0 Å². The first-order valence-electron chi connectivity index (χ1n) is 5.42. The van der Waals surface area contributed by atoms with Crippen LogP contribution in [0.25, 0.3) is 0 Å². The largest absolute Gasteiger partial charge is 0.333 e. The molecule has 91 valence electrons. The molecule has 0 aliphatic rings. The summed E-state index contributed by atoms with van der Waals surface area (Å²) in [5.74, 6) is 0. The molecule has 0 unspecified atom stereocenters. The predicted octanol–water partition coefficient (Wildman–Crippen LogP) is 1.91. The lowest BCUT2D eigenvalue weighted by Crippen LogP contribution is -1.74. The van der Waals surface area contributed by atoms with Crippen molar-refractivity contribution in [2.24, 2.45) is 17.2 Å². The Morgan fingerprint density at radius 1 is 0.786 bits per heavy atom. The molecule has 0 atom stereocenters. The molecule has 14 heavy (non-hydrogen) atoms. The Bertz CT molecular complexity index is 35.5. The predicted molar refractivity (Wildman–Crippen MR) is 69.1 cm³/mol. The van der Waals surface area contributed by atoms with Gasteiger partial charge in [0.25, 0.3) is 0 Å². The normalized spacial score (nSPS) is 6.86. The number of rotatable bonds is 5. The molecule has 0 saturated carbocycles. The van der Waals surface area contributed by atoms with Crippen LogP contribution in [0.1, 0.15) is 46.0 Å². The summed E-state index contributed by atoms with van der Waals surface area (Å²) < 4.78 is 0. The zero-order valence-corrected chi connectivity index (χ0v) is 10.8. The monoisotopic (exact) mass is 206 g/mol. The van der Waals surface area contributed by atoms with Crippen molar-refractivity contribution in [1.82, 2.24) is 0 Å². The lowest BCUT2D eigenvalue weighted by molar-refractivity contribution is 0.662. The van der Waals surface area contributed by atoms with Crippen molar-refractivity contribution >= 4 is 0 Å². The number of unbranched alkanes of at least 4 members (excludes halogenated alkanes) is 5. The maximum absolute atomic E-state index is 4.50. The van der Waals surface area contributed by atoms with Gasteiger partial charge in [-0.2, -0.15) is 0 Å². The van der Waals surface area contributed by atoms with E-state index in [1.165, 1.54) is 53.2 Å². The van der Waals surface area contributed by atoms with E-state index in [1.54, 1.807) is 0 Å². The van der Waals surface area contributed by atoms with Crippen LogP contribution in [0.3, 0.4) is 0 Å². The van der Waals surface area contributed by atoms with Crippen LogP contribution in [0.4, 0.5) is 0 Å². The summed E-state index contributed by atoms with van der Waals surface area (Å²) in [6, 6.07) is 0. The minimum atomic E-state index is 1.31. The molecule has 0 aliphatic heterocycles. The van der Waals surface area contributed by atoms with Crippen molar-refractivity contribution in [3.63, 3.8) is 0 Å². The molecule has 0 spiro atoms. The number of nitrogens with two attached hydrogens (primary N) is 3. The topological polar surface area (TPSA) is 78.1 Å². The highest BCUT2D eigenvalue weighted by molar-refractivity contribution is 4.54. The molecule has 0 fully saturated rings. The zero-order valence-electron chi connectivity index (χ0n) is 10.8. The second kappa shape index (κ2) is 52.6. The molecular weight excluding hydrogens is 174 g/mol. The third kappa shape index (κ3) is 59.1. The van der Waals surface area contributed by atoms with E-state index in [9.17, 15) is 0 Å². The Balaban J connectivity index is -0.0000000708. The average molecular weight is 206 g/mol. The average Bonchev–Trinajstić information content (AvgIpc) is 2.33. The van der Waals surface area contributed by atoms with Gasteiger partial charge in [0.2, 0.25) is 0 Å². The van der Waals surface area contributed by atoms with Gasteiger partial charge in [0, 0.05) is 0 Å². The molecule has 3 nitrogen and oxygen atoms in total. The van der Waals surface area contributed by atoms with Gasteiger partial charge in [-0.1, -0.05) is 46.0 Å². The van der Waals surface area contributed by atoms with Crippen LogP contribution in [0.5, 0.6) is 0 Å². The fraction of sp³-hybridized carbons (Fsp3) is 0.909. The fourth-order valence-electron chi connectivity index (χ4n) is 0.775. The maximum Gasteiger partial charge on any atom is -0.0195 e. The summed E-state index contributed by atoms with van der Waals surface area (Å²) in [7, 11) is 4.50. The highest BCUT2D eigenvalue weighted by atomic mass is 14.4. The Morgan fingerprint density at radius 2 is 1.21 bits per heavy atom. The Hall–Kier alpha value is -0.120. The summed E-state index contributed by atoms with van der Waals surface area (Å²) in [5, 5.41) is 0. The first-order chi connectivity index (χ1) is 6.91. The van der Waals surface area contributed by atoms with Gasteiger partial charge in [-0.05, 0) is 27.6 Å². The van der Waals surface area contributed by atoms with Crippen LogP contribution in [-0.2, 0) is 0 Å². The Morgan fingerprint density at radius 3 is 1.50 bits per heavy atom. The standard InChI is InChI=1S/C8H17.3CH5N/c1-3-5-7-8-6-4-2;3*1-2/h3H,4-8H2,1-2H3;3*2H2,1H3. The van der Waals surface area contributed by atoms with Gasteiger partial charge in [-0.3, -0.25) is 0 Å². The van der Waals surface area contributed by atoms with Gasteiger partial charge in [-0.25, -0.2) is 0 Å². The minimum absolute atomic E-state index is 1.31. The molecule has 0 saturated heterocycles. The van der Waals surface area contributed by atoms with E-state index in [0.717, 1.165) is 0 Å². The lowest BCUT2D eigenvalue weighted by Gasteiger charge is -1.93. The van der Waals surface area contributed by atoms with Gasteiger partial charge in [-0.15, -0.1) is 0 Å². The van der Waals surface area contributed by atoms with Crippen LogP contribution in [-0.4, -0.2) is 21.1 Å². The van der Waals surface area contributed by atoms with E-state index in [0.29, 0.717) is 0 Å². The summed E-state index contributed by atoms with van der Waals surface area (Å²) in [4.78, 5) is 0. The molecule has 0 amide bonds. The van der Waals surface area contributed by atoms with Crippen molar-refractivity contribution in [3.8, 4) is 0 Å². The Kier molecular flexibility index (Phi) is 88.6. The van der Waals surface area contributed by atoms with Gasteiger partial charge in [0.15, 0.2) is 0 Å². The molecule has 0 heterocycles. The summed E-state index contributed by atoms with van der Waals surface area (Å²) in [6.07, 6.45) is 9.12. The van der Waals surface area contributed by atoms with E-state index in [4.69, 9.17) is 0 Å². The highest BCUT2D eigenvalue weighted by Gasteiger charge is 1.83. The maximum atomic E-state index is 4.50. The second-order valence-electron chi connectivity index (χ2n) is 2.26. The molecule has 3 heteroatoms. The van der Waals surface area contributed by atoms with Crippen LogP contribution in [0.2, 0.25) is 0 Å². The van der Waals surface area contributed by atoms with Gasteiger partial charge in [0.05, 0.1) is 0 Å². The quantitative estimate of drug-likeness (QED) is 0.601. The van der Waals surface area contributed by atoms with E-state index in [2.05, 4.69) is 37.5 Å². The molecule has 0 aromatic rings. The van der Waals surface area contributed by atoms with Crippen molar-refractivity contribution in [2.75, 3.05) is 21.1 Å². The number of hydrogen-bond donors (Lipinski definition) is 3. The first-order valence-corrected chi connectivity index (χ1v) is 5.42.